The van der Waals surface area contributed by atoms with Gasteiger partial charge in [-0.25, -0.2) is 0 Å². The van der Waals surface area contributed by atoms with Crippen LogP contribution in [0, 0.1) is 0 Å². The van der Waals surface area contributed by atoms with E-state index in [1.165, 1.54) is 5.00 Å². The van der Waals surface area contributed by atoms with Crippen LogP contribution in [-0.4, -0.2) is 13.1 Å². The van der Waals surface area contributed by atoms with Crippen molar-refractivity contribution in [2.75, 3.05) is 18.4 Å². The zero-order valence-corrected chi connectivity index (χ0v) is 8.54. The molecule has 0 aliphatic heterocycles. The van der Waals surface area contributed by atoms with Crippen LogP contribution in [0.15, 0.2) is 15.9 Å². The van der Waals surface area contributed by atoms with Crippen molar-refractivity contribution >= 4 is 32.3 Å². The topological polar surface area (TPSA) is 38.0 Å². The van der Waals surface area contributed by atoms with Crippen LogP contribution in [0.25, 0.3) is 0 Å². The monoisotopic (exact) mass is 234 g/mol. The number of rotatable bonds is 4. The van der Waals surface area contributed by atoms with E-state index in [4.69, 9.17) is 5.73 Å². The highest BCUT2D eigenvalue weighted by Gasteiger charge is 1.94. The van der Waals surface area contributed by atoms with E-state index in [0.717, 1.165) is 24.0 Å². The molecule has 1 aromatic heterocycles. The molecular weight excluding hydrogens is 224 g/mol. The van der Waals surface area contributed by atoms with Gasteiger partial charge in [0.1, 0.15) is 0 Å². The molecule has 0 aliphatic rings. The Morgan fingerprint density at radius 1 is 1.64 bits per heavy atom. The molecule has 0 aliphatic carbocycles. The van der Waals surface area contributed by atoms with Gasteiger partial charge in [-0.05, 0) is 35.0 Å². The third kappa shape index (κ3) is 3.22. The van der Waals surface area contributed by atoms with E-state index in [2.05, 4.69) is 32.7 Å². The molecule has 1 rings (SSSR count). The second kappa shape index (κ2) is 4.74. The molecule has 62 valence electrons. The normalized spacial score (nSPS) is 10.0. The Balaban J connectivity index is 2.27. The zero-order chi connectivity index (χ0) is 8.10. The lowest BCUT2D eigenvalue weighted by molar-refractivity contribution is 0.876. The van der Waals surface area contributed by atoms with Crippen molar-refractivity contribution in [1.82, 2.24) is 0 Å². The molecule has 0 amide bonds. The lowest BCUT2D eigenvalue weighted by Crippen LogP contribution is -2.07. The van der Waals surface area contributed by atoms with Crippen LogP contribution in [0.5, 0.6) is 0 Å². The summed E-state index contributed by atoms with van der Waals surface area (Å²) in [4.78, 5) is 0. The first kappa shape index (κ1) is 9.03. The minimum atomic E-state index is 0.750. The second-order valence-electron chi connectivity index (χ2n) is 2.20. The fourth-order valence-corrected chi connectivity index (χ4v) is 2.07. The fourth-order valence-electron chi connectivity index (χ4n) is 0.719. The van der Waals surface area contributed by atoms with E-state index in [9.17, 15) is 0 Å². The van der Waals surface area contributed by atoms with Crippen molar-refractivity contribution < 1.29 is 0 Å². The molecular formula is C7H11BrN2S. The number of nitrogens with one attached hydrogen (secondary N) is 1. The Kier molecular flexibility index (Phi) is 3.90. The summed E-state index contributed by atoms with van der Waals surface area (Å²) in [5.41, 5.74) is 5.35. The summed E-state index contributed by atoms with van der Waals surface area (Å²) in [5.74, 6) is 0. The van der Waals surface area contributed by atoms with Gasteiger partial charge in [-0.1, -0.05) is 0 Å². The standard InChI is InChI=1S/C7H11BrN2S/c8-6-4-7(11-5-6)10-3-1-2-9/h4-5,10H,1-3,9H2. The van der Waals surface area contributed by atoms with E-state index in [1.807, 2.05) is 0 Å². The number of nitrogens with two attached hydrogens (primary N) is 1. The summed E-state index contributed by atoms with van der Waals surface area (Å²) in [5, 5.41) is 6.53. The lowest BCUT2D eigenvalue weighted by Gasteiger charge is -1.99. The molecule has 1 heterocycles. The van der Waals surface area contributed by atoms with Crippen LogP contribution in [0.1, 0.15) is 6.42 Å². The van der Waals surface area contributed by atoms with Crippen molar-refractivity contribution in [3.05, 3.63) is 15.9 Å². The van der Waals surface area contributed by atoms with Crippen LogP contribution < -0.4 is 11.1 Å². The highest BCUT2D eigenvalue weighted by Crippen LogP contribution is 2.23. The minimum Gasteiger partial charge on any atom is -0.377 e. The lowest BCUT2D eigenvalue weighted by atomic mass is 10.4. The predicted octanol–water partition coefficient (Wildman–Crippen LogP) is 2.27. The number of anilines is 1. The first-order valence-electron chi connectivity index (χ1n) is 3.51. The third-order valence-corrected chi connectivity index (χ3v) is 2.90. The fraction of sp³-hybridized carbons (Fsp3) is 0.429. The van der Waals surface area contributed by atoms with Crippen LogP contribution in [0.3, 0.4) is 0 Å². The molecule has 1 aromatic rings. The molecule has 11 heavy (non-hydrogen) atoms. The Bertz CT molecular complexity index is 212. The number of hydrogen-bond donors (Lipinski definition) is 2. The maximum Gasteiger partial charge on any atom is 0.0894 e. The van der Waals surface area contributed by atoms with Gasteiger partial charge in [0.15, 0.2) is 0 Å². The van der Waals surface area contributed by atoms with Gasteiger partial charge in [0.05, 0.1) is 5.00 Å². The van der Waals surface area contributed by atoms with Crippen molar-refractivity contribution in [2.45, 2.75) is 6.42 Å². The Morgan fingerprint density at radius 2 is 2.45 bits per heavy atom. The number of halogens is 1. The maximum absolute atomic E-state index is 5.35. The molecule has 0 saturated heterocycles. The van der Waals surface area contributed by atoms with Crippen LogP contribution in [0.2, 0.25) is 0 Å². The van der Waals surface area contributed by atoms with E-state index in [0.29, 0.717) is 0 Å². The molecule has 0 radical (unpaired) electrons. The van der Waals surface area contributed by atoms with Gasteiger partial charge in [-0.15, -0.1) is 11.3 Å². The number of hydrogen-bond acceptors (Lipinski definition) is 3. The molecule has 3 N–H and O–H groups in total. The molecule has 0 atom stereocenters. The average molecular weight is 235 g/mol. The van der Waals surface area contributed by atoms with Crippen molar-refractivity contribution in [2.24, 2.45) is 5.73 Å². The average Bonchev–Trinajstić information content (AvgIpc) is 2.37. The smallest absolute Gasteiger partial charge is 0.0894 e. The van der Waals surface area contributed by atoms with Crippen LogP contribution in [0.4, 0.5) is 5.00 Å². The maximum atomic E-state index is 5.35. The summed E-state index contributed by atoms with van der Waals surface area (Å²) in [6.07, 6.45) is 1.02. The predicted molar refractivity (Wildman–Crippen MR) is 54.2 cm³/mol. The molecule has 0 aromatic carbocycles. The van der Waals surface area contributed by atoms with E-state index < -0.39 is 0 Å². The molecule has 0 fully saturated rings. The summed E-state index contributed by atoms with van der Waals surface area (Å²) >= 11 is 5.09. The zero-order valence-electron chi connectivity index (χ0n) is 6.14. The molecule has 4 heteroatoms. The van der Waals surface area contributed by atoms with Crippen molar-refractivity contribution in [1.29, 1.82) is 0 Å². The van der Waals surface area contributed by atoms with E-state index in [-0.39, 0.29) is 0 Å². The Labute approximate surface area is 78.9 Å². The SMILES string of the molecule is NCCCNc1cc(Br)cs1. The Hall–Kier alpha value is -0.0600. The van der Waals surface area contributed by atoms with Gasteiger partial charge in [-0.2, -0.15) is 0 Å². The van der Waals surface area contributed by atoms with E-state index >= 15 is 0 Å². The highest BCUT2D eigenvalue weighted by molar-refractivity contribution is 9.10. The van der Waals surface area contributed by atoms with Gasteiger partial charge < -0.3 is 11.1 Å². The summed E-state index contributed by atoms with van der Waals surface area (Å²) in [7, 11) is 0. The molecule has 0 bridgehead atoms. The van der Waals surface area contributed by atoms with Crippen LogP contribution in [-0.2, 0) is 0 Å². The van der Waals surface area contributed by atoms with E-state index in [1.54, 1.807) is 11.3 Å². The largest absolute Gasteiger partial charge is 0.377 e. The van der Waals surface area contributed by atoms with Crippen molar-refractivity contribution in [3.8, 4) is 0 Å². The summed E-state index contributed by atoms with van der Waals surface area (Å²) in [6, 6.07) is 2.07. The highest BCUT2D eigenvalue weighted by atomic mass is 79.9. The van der Waals surface area contributed by atoms with Gasteiger partial charge >= 0.3 is 0 Å². The van der Waals surface area contributed by atoms with Gasteiger partial charge in [0, 0.05) is 16.4 Å². The first-order valence-corrected chi connectivity index (χ1v) is 5.18. The summed E-state index contributed by atoms with van der Waals surface area (Å²) < 4.78 is 1.14. The third-order valence-electron chi connectivity index (χ3n) is 1.25. The quantitative estimate of drug-likeness (QED) is 0.785. The minimum absolute atomic E-state index is 0.750. The second-order valence-corrected chi connectivity index (χ2v) is 4.03. The summed E-state index contributed by atoms with van der Waals surface area (Å²) in [6.45, 7) is 1.71. The van der Waals surface area contributed by atoms with Crippen LogP contribution >= 0.6 is 27.3 Å². The molecule has 0 unspecified atom stereocenters. The van der Waals surface area contributed by atoms with Gasteiger partial charge in [-0.3, -0.25) is 0 Å². The Morgan fingerprint density at radius 3 is 3.00 bits per heavy atom. The first-order chi connectivity index (χ1) is 5.33. The van der Waals surface area contributed by atoms with Crippen molar-refractivity contribution in [3.63, 3.8) is 0 Å². The molecule has 0 spiro atoms. The number of thiophene rings is 1. The molecule has 0 saturated carbocycles. The van der Waals surface area contributed by atoms with Gasteiger partial charge in [0.25, 0.3) is 0 Å². The van der Waals surface area contributed by atoms with Gasteiger partial charge in [0.2, 0.25) is 0 Å². The molecule has 2 nitrogen and oxygen atoms in total.